The summed E-state index contributed by atoms with van der Waals surface area (Å²) in [6, 6.07) is 9.10. The smallest absolute Gasteiger partial charge is 0.367 e. The van der Waals surface area contributed by atoms with Gasteiger partial charge in [0.25, 0.3) is 0 Å². The summed E-state index contributed by atoms with van der Waals surface area (Å²) >= 11 is 0. The van der Waals surface area contributed by atoms with E-state index in [1.54, 1.807) is 18.3 Å². The Labute approximate surface area is 185 Å². The number of nitrogens with zero attached hydrogens (tertiary/aromatic N) is 3. The molecule has 0 aliphatic carbocycles. The van der Waals surface area contributed by atoms with Gasteiger partial charge in [0, 0.05) is 32.0 Å². The lowest BCUT2D eigenvalue weighted by Crippen LogP contribution is -2.38. The van der Waals surface area contributed by atoms with Gasteiger partial charge in [-0.05, 0) is 30.5 Å². The number of aromatic nitrogens is 2. The van der Waals surface area contributed by atoms with E-state index in [1.807, 2.05) is 36.0 Å². The van der Waals surface area contributed by atoms with Crippen molar-refractivity contribution in [3.05, 3.63) is 53.9 Å². The van der Waals surface area contributed by atoms with Gasteiger partial charge in [0.15, 0.2) is 5.96 Å². The topological polar surface area (TPSA) is 63.5 Å². The highest BCUT2D eigenvalue weighted by Gasteiger charge is 2.27. The first-order valence-corrected chi connectivity index (χ1v) is 9.18. The van der Waals surface area contributed by atoms with Crippen LogP contribution in [0.5, 0.6) is 0 Å². The number of rotatable bonds is 10. The number of alkyl halides is 3. The highest BCUT2D eigenvalue weighted by atomic mass is 127. The number of aryl methyl sites for hydroxylation is 1. The number of ether oxygens (including phenoxy) is 1. The van der Waals surface area contributed by atoms with Gasteiger partial charge in [-0.3, -0.25) is 4.68 Å². The number of guanidine groups is 1. The Kier molecular flexibility index (Phi) is 11.7. The molecule has 1 aromatic heterocycles. The highest BCUT2D eigenvalue weighted by molar-refractivity contribution is 14.0. The normalized spacial score (nSPS) is 11.8. The molecule has 0 amide bonds. The molecular formula is C19H27F3IN5O. The molecule has 2 N–H and O–H groups in total. The summed E-state index contributed by atoms with van der Waals surface area (Å²) in [5.74, 6) is 0.723. The third kappa shape index (κ3) is 11.1. The molecule has 0 bridgehead atoms. The summed E-state index contributed by atoms with van der Waals surface area (Å²) in [5, 5.41) is 10.6. The fourth-order valence-electron chi connectivity index (χ4n) is 2.42. The van der Waals surface area contributed by atoms with E-state index in [1.165, 1.54) is 0 Å². The molecule has 0 saturated heterocycles. The minimum atomic E-state index is -4.30. The second-order valence-electron chi connectivity index (χ2n) is 6.17. The first-order valence-electron chi connectivity index (χ1n) is 9.18. The number of nitrogens with one attached hydrogen (secondary N) is 2. The largest absolute Gasteiger partial charge is 0.411 e. The first kappa shape index (κ1) is 25.2. The molecule has 0 aliphatic rings. The summed E-state index contributed by atoms with van der Waals surface area (Å²) in [6.45, 7) is 3.51. The fraction of sp³-hybridized carbons (Fsp3) is 0.474. The molecular weight excluding hydrogens is 498 g/mol. The van der Waals surface area contributed by atoms with Crippen LogP contribution in [0.2, 0.25) is 0 Å². The average Bonchev–Trinajstić information content (AvgIpc) is 3.16. The van der Waals surface area contributed by atoms with Crippen LogP contribution in [0.4, 0.5) is 13.2 Å². The molecule has 6 nitrogen and oxygen atoms in total. The standard InChI is InChI=1S/C19H26F3N5O.HI/c1-2-23-18(24-9-3-11-27-12-4-10-26-27)25-13-16-5-7-17(8-6-16)14-28-15-19(20,21)22;/h4-8,10,12H,2-3,9,11,13-15H2,1H3,(H2,23,24,25);1H. The minimum absolute atomic E-state index is 0. The van der Waals surface area contributed by atoms with Crippen LogP contribution in [-0.4, -0.2) is 41.6 Å². The number of hydrogen-bond donors (Lipinski definition) is 2. The first-order chi connectivity index (χ1) is 13.5. The van der Waals surface area contributed by atoms with E-state index < -0.39 is 12.8 Å². The molecule has 0 saturated carbocycles. The van der Waals surface area contributed by atoms with Gasteiger partial charge in [-0.1, -0.05) is 24.3 Å². The van der Waals surface area contributed by atoms with Crippen molar-refractivity contribution in [2.24, 2.45) is 4.99 Å². The quantitative estimate of drug-likeness (QED) is 0.215. The van der Waals surface area contributed by atoms with Crippen molar-refractivity contribution in [3.8, 4) is 0 Å². The summed E-state index contributed by atoms with van der Waals surface area (Å²) in [4.78, 5) is 4.53. The molecule has 0 radical (unpaired) electrons. The van der Waals surface area contributed by atoms with Gasteiger partial charge in [-0.25, -0.2) is 4.99 Å². The van der Waals surface area contributed by atoms with E-state index in [2.05, 4.69) is 25.5 Å². The molecule has 1 aromatic carbocycles. The molecule has 0 aliphatic heterocycles. The summed E-state index contributed by atoms with van der Waals surface area (Å²) in [5.41, 5.74) is 1.66. The third-order valence-electron chi connectivity index (χ3n) is 3.74. The molecule has 0 atom stereocenters. The number of halogens is 4. The molecule has 0 unspecified atom stereocenters. The van der Waals surface area contributed by atoms with Gasteiger partial charge in [0.05, 0.1) is 13.2 Å². The lowest BCUT2D eigenvalue weighted by atomic mass is 10.1. The molecule has 2 rings (SSSR count). The zero-order chi connectivity index (χ0) is 20.2. The van der Waals surface area contributed by atoms with Gasteiger partial charge in [-0.2, -0.15) is 18.3 Å². The Morgan fingerprint density at radius 1 is 1.17 bits per heavy atom. The van der Waals surface area contributed by atoms with Crippen LogP contribution in [0.15, 0.2) is 47.7 Å². The van der Waals surface area contributed by atoms with Crippen LogP contribution in [0, 0.1) is 0 Å². The van der Waals surface area contributed by atoms with Crippen molar-refractivity contribution < 1.29 is 17.9 Å². The predicted octanol–water partition coefficient (Wildman–Crippen LogP) is 3.73. The predicted molar refractivity (Wildman–Crippen MR) is 117 cm³/mol. The van der Waals surface area contributed by atoms with E-state index >= 15 is 0 Å². The van der Waals surface area contributed by atoms with Gasteiger partial charge >= 0.3 is 6.18 Å². The Morgan fingerprint density at radius 3 is 2.52 bits per heavy atom. The number of benzene rings is 1. The molecule has 2 aromatic rings. The van der Waals surface area contributed by atoms with Crippen molar-refractivity contribution >= 4 is 29.9 Å². The second-order valence-corrected chi connectivity index (χ2v) is 6.17. The van der Waals surface area contributed by atoms with Crippen LogP contribution in [-0.2, 0) is 24.4 Å². The van der Waals surface area contributed by atoms with Crippen LogP contribution in [0.1, 0.15) is 24.5 Å². The maximum Gasteiger partial charge on any atom is 0.411 e. The number of aliphatic imine (C=N–C) groups is 1. The van der Waals surface area contributed by atoms with Gasteiger partial charge in [0.2, 0.25) is 0 Å². The van der Waals surface area contributed by atoms with E-state index in [4.69, 9.17) is 0 Å². The van der Waals surface area contributed by atoms with Gasteiger partial charge in [-0.15, -0.1) is 24.0 Å². The van der Waals surface area contributed by atoms with Crippen LogP contribution in [0.25, 0.3) is 0 Å². The summed E-state index contributed by atoms with van der Waals surface area (Å²) in [6.07, 6.45) is 0.297. The summed E-state index contributed by atoms with van der Waals surface area (Å²) in [7, 11) is 0. The zero-order valence-electron chi connectivity index (χ0n) is 16.3. The maximum atomic E-state index is 12.1. The Morgan fingerprint density at radius 2 is 1.90 bits per heavy atom. The Bertz CT molecular complexity index is 706. The molecule has 1 heterocycles. The van der Waals surface area contributed by atoms with E-state index in [0.717, 1.165) is 37.6 Å². The lowest BCUT2D eigenvalue weighted by molar-refractivity contribution is -0.176. The summed E-state index contributed by atoms with van der Waals surface area (Å²) < 4.78 is 42.8. The molecule has 29 heavy (non-hydrogen) atoms. The lowest BCUT2D eigenvalue weighted by Gasteiger charge is -2.11. The van der Waals surface area contributed by atoms with Crippen molar-refractivity contribution in [1.82, 2.24) is 20.4 Å². The van der Waals surface area contributed by atoms with E-state index in [-0.39, 0.29) is 30.6 Å². The highest BCUT2D eigenvalue weighted by Crippen LogP contribution is 2.16. The molecule has 10 heteroatoms. The van der Waals surface area contributed by atoms with Crippen LogP contribution >= 0.6 is 24.0 Å². The van der Waals surface area contributed by atoms with Gasteiger partial charge < -0.3 is 15.4 Å². The van der Waals surface area contributed by atoms with Crippen molar-refractivity contribution in [2.45, 2.75) is 39.2 Å². The van der Waals surface area contributed by atoms with Crippen molar-refractivity contribution in [3.63, 3.8) is 0 Å². The van der Waals surface area contributed by atoms with Crippen LogP contribution in [0.3, 0.4) is 0 Å². The maximum absolute atomic E-state index is 12.1. The Balaban J connectivity index is 0.00000420. The van der Waals surface area contributed by atoms with E-state index in [0.29, 0.717) is 12.1 Å². The second kappa shape index (κ2) is 13.4. The third-order valence-corrected chi connectivity index (χ3v) is 3.74. The molecule has 0 spiro atoms. The fourth-order valence-corrected chi connectivity index (χ4v) is 2.42. The average molecular weight is 525 g/mol. The SMILES string of the molecule is CCNC(=NCc1ccc(COCC(F)(F)F)cc1)NCCCn1cccn1.I. The van der Waals surface area contributed by atoms with E-state index in [9.17, 15) is 13.2 Å². The molecule has 162 valence electrons. The van der Waals surface area contributed by atoms with Crippen LogP contribution < -0.4 is 10.6 Å². The van der Waals surface area contributed by atoms with Crippen molar-refractivity contribution in [2.75, 3.05) is 19.7 Å². The minimum Gasteiger partial charge on any atom is -0.367 e. The van der Waals surface area contributed by atoms with Gasteiger partial charge in [0.1, 0.15) is 6.61 Å². The number of hydrogen-bond acceptors (Lipinski definition) is 3. The van der Waals surface area contributed by atoms with Crippen molar-refractivity contribution in [1.29, 1.82) is 0 Å². The molecule has 0 fully saturated rings. The Hall–Kier alpha value is -1.82. The zero-order valence-corrected chi connectivity index (χ0v) is 18.6. The monoisotopic (exact) mass is 525 g/mol.